The zero-order valence-corrected chi connectivity index (χ0v) is 15.0. The number of aromatic amines is 1. The molecule has 24 heavy (non-hydrogen) atoms. The van der Waals surface area contributed by atoms with Crippen molar-refractivity contribution in [2.45, 2.75) is 38.8 Å². The van der Waals surface area contributed by atoms with E-state index in [1.165, 1.54) is 54.4 Å². The van der Waals surface area contributed by atoms with Crippen molar-refractivity contribution in [2.24, 2.45) is 11.8 Å². The van der Waals surface area contributed by atoms with Gasteiger partial charge in [0.1, 0.15) is 5.75 Å². The highest BCUT2D eigenvalue weighted by atomic mass is 16.5. The topological polar surface area (TPSA) is 37.5 Å². The van der Waals surface area contributed by atoms with Crippen molar-refractivity contribution in [1.29, 1.82) is 0 Å². The summed E-state index contributed by atoms with van der Waals surface area (Å²) in [4.78, 5) is 5.95. The van der Waals surface area contributed by atoms with E-state index in [2.05, 4.69) is 28.9 Å². The highest BCUT2D eigenvalue weighted by Gasteiger charge is 2.43. The second-order valence-electron chi connectivity index (χ2n) is 7.43. The Labute approximate surface area is 144 Å². The zero-order valence-electron chi connectivity index (χ0n) is 15.0. The summed E-state index contributed by atoms with van der Waals surface area (Å²) < 4.78 is 11.2. The third kappa shape index (κ3) is 2.82. The third-order valence-corrected chi connectivity index (χ3v) is 6.03. The Morgan fingerprint density at radius 2 is 2.04 bits per heavy atom. The van der Waals surface area contributed by atoms with Crippen LogP contribution in [-0.2, 0) is 11.3 Å². The van der Waals surface area contributed by atoms with Gasteiger partial charge in [0.05, 0.1) is 13.2 Å². The molecule has 0 radical (unpaired) electrons. The Hall–Kier alpha value is -1.52. The fourth-order valence-electron chi connectivity index (χ4n) is 4.50. The molecule has 1 aromatic carbocycles. The first-order valence-electron chi connectivity index (χ1n) is 9.10. The Kier molecular flexibility index (Phi) is 4.27. The summed E-state index contributed by atoms with van der Waals surface area (Å²) in [5, 5.41) is 1.30. The van der Waals surface area contributed by atoms with Gasteiger partial charge in [0, 0.05) is 36.3 Å². The highest BCUT2D eigenvalue weighted by Crippen LogP contribution is 2.44. The van der Waals surface area contributed by atoms with Gasteiger partial charge in [0.15, 0.2) is 0 Å². The van der Waals surface area contributed by atoms with E-state index in [0.29, 0.717) is 6.10 Å². The van der Waals surface area contributed by atoms with Gasteiger partial charge in [-0.2, -0.15) is 0 Å². The number of aryl methyl sites for hydroxylation is 1. The lowest BCUT2D eigenvalue weighted by Crippen LogP contribution is -2.34. The number of H-pyrrole nitrogens is 1. The summed E-state index contributed by atoms with van der Waals surface area (Å²) in [6.45, 7) is 5.47. The number of piperidine rings is 1. The second kappa shape index (κ2) is 6.41. The molecule has 4 rings (SSSR count). The number of ether oxygens (including phenoxy) is 2. The molecule has 1 aliphatic heterocycles. The van der Waals surface area contributed by atoms with E-state index < -0.39 is 0 Å². The summed E-state index contributed by atoms with van der Waals surface area (Å²) in [6, 6.07) is 4.34. The van der Waals surface area contributed by atoms with Crippen LogP contribution < -0.4 is 4.74 Å². The van der Waals surface area contributed by atoms with Crippen molar-refractivity contribution in [3.05, 3.63) is 29.5 Å². The standard InChI is InChI=1S/C20H28N2O2/c1-13-10-18(23-2)17(15-4-7-21-20(13)15)12-22-8-5-14(6-9-22)16-11-19(16)24-3/h4,7,10,14,16,19,21H,5-6,8-9,11-12H2,1-3H3. The van der Waals surface area contributed by atoms with Crippen LogP contribution in [0, 0.1) is 18.8 Å². The van der Waals surface area contributed by atoms with Crippen molar-refractivity contribution in [2.75, 3.05) is 27.3 Å². The minimum atomic E-state index is 0.540. The average molecular weight is 328 g/mol. The molecule has 4 nitrogen and oxygen atoms in total. The lowest BCUT2D eigenvalue weighted by atomic mass is 9.91. The molecule has 0 amide bonds. The van der Waals surface area contributed by atoms with Crippen LogP contribution in [0.5, 0.6) is 5.75 Å². The van der Waals surface area contributed by atoms with Gasteiger partial charge in [-0.15, -0.1) is 0 Å². The van der Waals surface area contributed by atoms with Crippen LogP contribution in [0.25, 0.3) is 10.9 Å². The molecule has 1 aromatic heterocycles. The van der Waals surface area contributed by atoms with E-state index in [1.807, 2.05) is 13.3 Å². The van der Waals surface area contributed by atoms with Crippen molar-refractivity contribution < 1.29 is 9.47 Å². The molecule has 130 valence electrons. The molecule has 2 heterocycles. The maximum Gasteiger partial charge on any atom is 0.124 e. The zero-order chi connectivity index (χ0) is 16.7. The van der Waals surface area contributed by atoms with Crippen LogP contribution in [0.15, 0.2) is 18.3 Å². The summed E-state index contributed by atoms with van der Waals surface area (Å²) >= 11 is 0. The van der Waals surface area contributed by atoms with Crippen LogP contribution in [0.3, 0.4) is 0 Å². The van der Waals surface area contributed by atoms with Crippen molar-refractivity contribution in [3.8, 4) is 5.75 Å². The van der Waals surface area contributed by atoms with Gasteiger partial charge >= 0.3 is 0 Å². The molecule has 2 atom stereocenters. The molecule has 2 unspecified atom stereocenters. The lowest BCUT2D eigenvalue weighted by Gasteiger charge is -2.32. The number of aromatic nitrogens is 1. The van der Waals surface area contributed by atoms with Gasteiger partial charge in [-0.3, -0.25) is 4.90 Å². The number of nitrogens with zero attached hydrogens (tertiary/aromatic N) is 1. The van der Waals surface area contributed by atoms with Crippen LogP contribution in [0.2, 0.25) is 0 Å². The van der Waals surface area contributed by atoms with Gasteiger partial charge in [0.2, 0.25) is 0 Å². The van der Waals surface area contributed by atoms with Crippen molar-refractivity contribution in [3.63, 3.8) is 0 Å². The fraction of sp³-hybridized carbons (Fsp3) is 0.600. The number of hydrogen-bond acceptors (Lipinski definition) is 3. The SMILES string of the molecule is COc1cc(C)c2[nH]ccc2c1CN1CCC(C2CC2OC)CC1. The summed E-state index contributed by atoms with van der Waals surface area (Å²) in [5.41, 5.74) is 3.80. The summed E-state index contributed by atoms with van der Waals surface area (Å²) in [5.74, 6) is 2.70. The van der Waals surface area contributed by atoms with Crippen LogP contribution in [0.1, 0.15) is 30.4 Å². The molecule has 0 spiro atoms. The van der Waals surface area contributed by atoms with Crippen LogP contribution in [0.4, 0.5) is 0 Å². The predicted octanol–water partition coefficient (Wildman–Crippen LogP) is 3.73. The van der Waals surface area contributed by atoms with Gasteiger partial charge < -0.3 is 14.5 Å². The molecule has 2 aliphatic rings. The quantitative estimate of drug-likeness (QED) is 0.909. The number of likely N-dealkylation sites (tertiary alicyclic amines) is 1. The summed E-state index contributed by atoms with van der Waals surface area (Å²) in [6.07, 6.45) is 6.45. The third-order valence-electron chi connectivity index (χ3n) is 6.03. The van der Waals surface area contributed by atoms with Crippen molar-refractivity contribution >= 4 is 10.9 Å². The Morgan fingerprint density at radius 1 is 1.25 bits per heavy atom. The monoisotopic (exact) mass is 328 g/mol. The molecule has 1 N–H and O–H groups in total. The molecule has 0 bridgehead atoms. The maximum absolute atomic E-state index is 5.69. The molecule has 4 heteroatoms. The maximum atomic E-state index is 5.69. The first-order chi connectivity index (χ1) is 11.7. The summed E-state index contributed by atoms with van der Waals surface area (Å²) in [7, 11) is 3.63. The molecule has 2 fully saturated rings. The van der Waals surface area contributed by atoms with Crippen molar-refractivity contribution in [1.82, 2.24) is 9.88 Å². The van der Waals surface area contributed by atoms with E-state index in [-0.39, 0.29) is 0 Å². The highest BCUT2D eigenvalue weighted by molar-refractivity contribution is 5.88. The van der Waals surface area contributed by atoms with E-state index >= 15 is 0 Å². The number of rotatable bonds is 5. The van der Waals surface area contributed by atoms with E-state index in [0.717, 1.165) is 24.1 Å². The first-order valence-corrected chi connectivity index (χ1v) is 9.10. The van der Waals surface area contributed by atoms with Gasteiger partial charge in [-0.1, -0.05) is 0 Å². The van der Waals surface area contributed by atoms with E-state index in [1.54, 1.807) is 7.11 Å². The van der Waals surface area contributed by atoms with Gasteiger partial charge in [-0.05, 0) is 68.8 Å². The smallest absolute Gasteiger partial charge is 0.124 e. The molecular weight excluding hydrogens is 300 g/mol. The Morgan fingerprint density at radius 3 is 2.71 bits per heavy atom. The molecule has 1 aliphatic carbocycles. The second-order valence-corrected chi connectivity index (χ2v) is 7.43. The molecule has 1 saturated carbocycles. The van der Waals surface area contributed by atoms with E-state index in [9.17, 15) is 0 Å². The van der Waals surface area contributed by atoms with E-state index in [4.69, 9.17) is 9.47 Å². The molecule has 1 saturated heterocycles. The Balaban J connectivity index is 1.47. The Bertz CT molecular complexity index is 716. The average Bonchev–Trinajstić information content (AvgIpc) is 3.23. The largest absolute Gasteiger partial charge is 0.496 e. The fourth-order valence-corrected chi connectivity index (χ4v) is 4.50. The van der Waals surface area contributed by atoms with Gasteiger partial charge in [-0.25, -0.2) is 0 Å². The number of benzene rings is 1. The van der Waals surface area contributed by atoms with Crippen LogP contribution in [-0.4, -0.2) is 43.3 Å². The predicted molar refractivity (Wildman–Crippen MR) is 96.5 cm³/mol. The normalized spacial score (nSPS) is 25.3. The number of nitrogens with one attached hydrogen (secondary N) is 1. The lowest BCUT2D eigenvalue weighted by molar-refractivity contribution is 0.124. The van der Waals surface area contributed by atoms with Gasteiger partial charge in [0.25, 0.3) is 0 Å². The minimum absolute atomic E-state index is 0.540. The minimum Gasteiger partial charge on any atom is -0.496 e. The first kappa shape index (κ1) is 16.0. The number of methoxy groups -OCH3 is 2. The number of fused-ring (bicyclic) bond motifs is 1. The number of hydrogen-bond donors (Lipinski definition) is 1. The van der Waals surface area contributed by atoms with Crippen LogP contribution >= 0.6 is 0 Å². The molecular formula is C20H28N2O2. The molecule has 2 aromatic rings.